The highest BCUT2D eigenvalue weighted by Crippen LogP contribution is 2.20. The molecule has 1 fully saturated rings. The van der Waals surface area contributed by atoms with Crippen LogP contribution in [0.3, 0.4) is 0 Å². The van der Waals surface area contributed by atoms with E-state index in [0.717, 1.165) is 5.69 Å². The second kappa shape index (κ2) is 7.76. The smallest absolute Gasteiger partial charge is 0.210 e. The molecule has 1 aliphatic carbocycles. The first kappa shape index (κ1) is 13.8. The Kier molecular flexibility index (Phi) is 5.65. The highest BCUT2D eigenvalue weighted by atomic mass is 16.5. The fourth-order valence-corrected chi connectivity index (χ4v) is 2.21. The molecule has 0 amide bonds. The van der Waals surface area contributed by atoms with Crippen LogP contribution >= 0.6 is 0 Å². The average molecular weight is 262 g/mol. The summed E-state index contributed by atoms with van der Waals surface area (Å²) in [6.45, 7) is 1.25. The molecule has 1 aliphatic rings. The van der Waals surface area contributed by atoms with Crippen molar-refractivity contribution in [1.82, 2.24) is 5.43 Å². The fourth-order valence-electron chi connectivity index (χ4n) is 2.21. The molecule has 1 aromatic rings. The number of nitrogens with one attached hydrogen (secondary N) is 2. The van der Waals surface area contributed by atoms with Crippen LogP contribution in [-0.2, 0) is 4.74 Å². The molecule has 5 heteroatoms. The van der Waals surface area contributed by atoms with E-state index in [1.54, 1.807) is 0 Å². The molecule has 1 saturated carbocycles. The molecule has 0 unspecified atom stereocenters. The van der Waals surface area contributed by atoms with Crippen LogP contribution in [0, 0.1) is 0 Å². The van der Waals surface area contributed by atoms with Gasteiger partial charge in [0.15, 0.2) is 0 Å². The molecular weight excluding hydrogens is 240 g/mol. The van der Waals surface area contributed by atoms with Crippen molar-refractivity contribution in [3.05, 3.63) is 30.3 Å². The van der Waals surface area contributed by atoms with Crippen LogP contribution in [0.25, 0.3) is 0 Å². The second-order valence-electron chi connectivity index (χ2n) is 4.64. The number of aliphatic imine (C=N–C) groups is 1. The maximum absolute atomic E-state index is 5.74. The number of guanidine groups is 1. The van der Waals surface area contributed by atoms with Gasteiger partial charge >= 0.3 is 0 Å². The van der Waals surface area contributed by atoms with Gasteiger partial charge in [-0.05, 0) is 25.0 Å². The lowest BCUT2D eigenvalue weighted by atomic mass is 10.3. The second-order valence-corrected chi connectivity index (χ2v) is 4.64. The lowest BCUT2D eigenvalue weighted by molar-refractivity contribution is 0.0643. The van der Waals surface area contributed by atoms with Gasteiger partial charge in [0.25, 0.3) is 0 Å². The minimum atomic E-state index is 0.437. The maximum atomic E-state index is 5.74. The molecule has 4 N–H and O–H groups in total. The van der Waals surface area contributed by atoms with Crippen LogP contribution in [0.1, 0.15) is 25.7 Å². The third-order valence-electron chi connectivity index (χ3n) is 3.19. The highest BCUT2D eigenvalue weighted by molar-refractivity contribution is 5.93. The molecular formula is C14H22N4O. The van der Waals surface area contributed by atoms with Gasteiger partial charge in [0.1, 0.15) is 0 Å². The number of hydrazine groups is 1. The monoisotopic (exact) mass is 262 g/mol. The van der Waals surface area contributed by atoms with Gasteiger partial charge in [-0.25, -0.2) is 10.8 Å². The van der Waals surface area contributed by atoms with Crippen LogP contribution in [-0.4, -0.2) is 25.2 Å². The molecule has 2 rings (SSSR count). The Labute approximate surface area is 114 Å². The Morgan fingerprint density at radius 3 is 2.68 bits per heavy atom. The van der Waals surface area contributed by atoms with E-state index in [1.807, 2.05) is 30.3 Å². The van der Waals surface area contributed by atoms with E-state index < -0.39 is 0 Å². The number of nitrogens with zero attached hydrogens (tertiary/aromatic N) is 1. The van der Waals surface area contributed by atoms with Crippen molar-refractivity contribution >= 4 is 11.6 Å². The predicted molar refractivity (Wildman–Crippen MR) is 77.9 cm³/mol. The number of ether oxygens (including phenoxy) is 1. The molecule has 0 saturated heterocycles. The molecule has 0 bridgehead atoms. The molecule has 19 heavy (non-hydrogen) atoms. The van der Waals surface area contributed by atoms with Crippen LogP contribution in [0.5, 0.6) is 0 Å². The summed E-state index contributed by atoms with van der Waals surface area (Å²) in [4.78, 5) is 4.34. The third kappa shape index (κ3) is 4.89. The molecule has 0 spiro atoms. The van der Waals surface area contributed by atoms with Crippen LogP contribution in [0.2, 0.25) is 0 Å². The number of nitrogens with two attached hydrogens (primary N) is 1. The largest absolute Gasteiger partial charge is 0.376 e. The number of hydrogen-bond donors (Lipinski definition) is 3. The third-order valence-corrected chi connectivity index (χ3v) is 3.19. The van der Waals surface area contributed by atoms with Crippen molar-refractivity contribution in [2.24, 2.45) is 10.8 Å². The number of rotatable bonds is 5. The molecule has 1 aromatic carbocycles. The maximum Gasteiger partial charge on any atom is 0.210 e. The normalized spacial score (nSPS) is 16.6. The molecule has 5 nitrogen and oxygen atoms in total. The molecule has 0 heterocycles. The van der Waals surface area contributed by atoms with Crippen molar-refractivity contribution in [3.63, 3.8) is 0 Å². The summed E-state index contributed by atoms with van der Waals surface area (Å²) in [5, 5.41) is 3.12. The zero-order valence-corrected chi connectivity index (χ0v) is 11.1. The first-order valence-electron chi connectivity index (χ1n) is 6.83. The van der Waals surface area contributed by atoms with Crippen LogP contribution in [0.15, 0.2) is 35.3 Å². The predicted octanol–water partition coefficient (Wildman–Crippen LogP) is 1.88. The summed E-state index contributed by atoms with van der Waals surface area (Å²) in [5.74, 6) is 6.00. The molecule has 0 radical (unpaired) electrons. The Morgan fingerprint density at radius 2 is 2.00 bits per heavy atom. The Hall–Kier alpha value is -1.59. The van der Waals surface area contributed by atoms with E-state index in [2.05, 4.69) is 15.7 Å². The van der Waals surface area contributed by atoms with Crippen molar-refractivity contribution in [2.45, 2.75) is 31.8 Å². The zero-order chi connectivity index (χ0) is 13.3. The Morgan fingerprint density at radius 1 is 1.26 bits per heavy atom. The van der Waals surface area contributed by atoms with Gasteiger partial charge in [-0.15, -0.1) is 0 Å². The van der Waals surface area contributed by atoms with Crippen molar-refractivity contribution in [3.8, 4) is 0 Å². The van der Waals surface area contributed by atoms with E-state index in [0.29, 0.717) is 25.2 Å². The summed E-state index contributed by atoms with van der Waals surface area (Å²) in [6, 6.07) is 9.80. The summed E-state index contributed by atoms with van der Waals surface area (Å²) in [6.07, 6.45) is 5.40. The number of anilines is 1. The van der Waals surface area contributed by atoms with Gasteiger partial charge in [-0.2, -0.15) is 0 Å². The van der Waals surface area contributed by atoms with Gasteiger partial charge in [-0.3, -0.25) is 5.43 Å². The molecule has 0 aromatic heterocycles. The van der Waals surface area contributed by atoms with Gasteiger partial charge < -0.3 is 10.1 Å². The van der Waals surface area contributed by atoms with Gasteiger partial charge in [0.05, 0.1) is 19.3 Å². The Bertz CT molecular complexity index is 388. The minimum absolute atomic E-state index is 0.437. The van der Waals surface area contributed by atoms with Gasteiger partial charge in [-0.1, -0.05) is 31.0 Å². The van der Waals surface area contributed by atoms with E-state index in [-0.39, 0.29) is 0 Å². The summed E-state index contributed by atoms with van der Waals surface area (Å²) < 4.78 is 5.74. The topological polar surface area (TPSA) is 71.7 Å². The zero-order valence-electron chi connectivity index (χ0n) is 11.1. The van der Waals surface area contributed by atoms with Crippen molar-refractivity contribution < 1.29 is 4.74 Å². The van der Waals surface area contributed by atoms with E-state index in [9.17, 15) is 0 Å². The van der Waals surface area contributed by atoms with E-state index >= 15 is 0 Å². The molecule has 0 atom stereocenters. The average Bonchev–Trinajstić information content (AvgIpc) is 2.96. The van der Waals surface area contributed by atoms with Crippen LogP contribution in [0.4, 0.5) is 5.69 Å². The number of para-hydroxylation sites is 1. The molecule has 0 aliphatic heterocycles. The number of hydrogen-bond acceptors (Lipinski definition) is 3. The first-order valence-corrected chi connectivity index (χ1v) is 6.83. The van der Waals surface area contributed by atoms with Crippen molar-refractivity contribution in [2.75, 3.05) is 18.5 Å². The summed E-state index contributed by atoms with van der Waals surface area (Å²) in [5.41, 5.74) is 3.52. The summed E-state index contributed by atoms with van der Waals surface area (Å²) >= 11 is 0. The quantitative estimate of drug-likeness (QED) is 0.249. The summed E-state index contributed by atoms with van der Waals surface area (Å²) in [7, 11) is 0. The minimum Gasteiger partial charge on any atom is -0.376 e. The van der Waals surface area contributed by atoms with E-state index in [4.69, 9.17) is 10.6 Å². The van der Waals surface area contributed by atoms with Gasteiger partial charge in [0, 0.05) is 5.69 Å². The SMILES string of the molecule is NNC(=NCCOC1CCCC1)Nc1ccccc1. The lowest BCUT2D eigenvalue weighted by Crippen LogP contribution is -2.36. The van der Waals surface area contributed by atoms with Crippen molar-refractivity contribution in [1.29, 1.82) is 0 Å². The van der Waals surface area contributed by atoms with Crippen LogP contribution < -0.4 is 16.6 Å². The highest BCUT2D eigenvalue weighted by Gasteiger charge is 2.14. The first-order chi connectivity index (χ1) is 9.38. The fraction of sp³-hybridized carbons (Fsp3) is 0.500. The Balaban J connectivity index is 1.72. The van der Waals surface area contributed by atoms with E-state index in [1.165, 1.54) is 25.7 Å². The van der Waals surface area contributed by atoms with Gasteiger partial charge in [0.2, 0.25) is 5.96 Å². The molecule has 104 valence electrons. The standard InChI is InChI=1S/C14H22N4O/c15-18-14(17-12-6-2-1-3-7-12)16-10-11-19-13-8-4-5-9-13/h1-3,6-7,13H,4-5,8-11,15H2,(H2,16,17,18). The lowest BCUT2D eigenvalue weighted by Gasteiger charge is -2.11. The number of benzene rings is 1.